The maximum atomic E-state index is 5.67. The molecule has 3 nitrogen and oxygen atoms in total. The second-order valence-corrected chi connectivity index (χ2v) is 4.30. The van der Waals surface area contributed by atoms with Crippen LogP contribution in [-0.4, -0.2) is 32.1 Å². The summed E-state index contributed by atoms with van der Waals surface area (Å²) in [7, 11) is 4.14. The average molecular weight is 222 g/mol. The summed E-state index contributed by atoms with van der Waals surface area (Å²) in [6, 6.07) is 6.08. The first-order valence-electron chi connectivity index (χ1n) is 5.70. The van der Waals surface area contributed by atoms with E-state index in [4.69, 9.17) is 10.5 Å². The topological polar surface area (TPSA) is 38.5 Å². The molecule has 1 rings (SSSR count). The Labute approximate surface area is 98.2 Å². The third-order valence-corrected chi connectivity index (χ3v) is 2.55. The van der Waals surface area contributed by atoms with Gasteiger partial charge in [0.2, 0.25) is 0 Å². The van der Waals surface area contributed by atoms with E-state index >= 15 is 0 Å². The first kappa shape index (κ1) is 13.0. The zero-order valence-electron chi connectivity index (χ0n) is 10.5. The molecule has 3 heteroatoms. The summed E-state index contributed by atoms with van der Waals surface area (Å²) in [5.41, 5.74) is 7.99. The molecule has 0 fully saturated rings. The van der Waals surface area contributed by atoms with Crippen LogP contribution >= 0.6 is 0 Å². The molecule has 0 bridgehead atoms. The summed E-state index contributed by atoms with van der Waals surface area (Å²) < 4.78 is 5.67. The van der Waals surface area contributed by atoms with E-state index in [1.807, 2.05) is 12.1 Å². The lowest BCUT2D eigenvalue weighted by Gasteiger charge is -2.11. The SMILES string of the molecule is Cc1cc(OCCCN(C)C)ccc1CN. The van der Waals surface area contributed by atoms with Crippen molar-refractivity contribution < 1.29 is 4.74 Å². The van der Waals surface area contributed by atoms with Crippen LogP contribution in [-0.2, 0) is 6.54 Å². The Kier molecular flexibility index (Phi) is 5.29. The first-order chi connectivity index (χ1) is 7.63. The van der Waals surface area contributed by atoms with Gasteiger partial charge in [0.1, 0.15) is 5.75 Å². The molecule has 0 aliphatic carbocycles. The van der Waals surface area contributed by atoms with Crippen molar-refractivity contribution in [2.45, 2.75) is 19.9 Å². The van der Waals surface area contributed by atoms with Crippen molar-refractivity contribution in [3.8, 4) is 5.75 Å². The highest BCUT2D eigenvalue weighted by Crippen LogP contribution is 2.16. The summed E-state index contributed by atoms with van der Waals surface area (Å²) in [4.78, 5) is 2.16. The van der Waals surface area contributed by atoms with Crippen LogP contribution in [0.1, 0.15) is 17.5 Å². The molecule has 0 aromatic heterocycles. The smallest absolute Gasteiger partial charge is 0.119 e. The maximum absolute atomic E-state index is 5.67. The van der Waals surface area contributed by atoms with Crippen LogP contribution in [0.15, 0.2) is 18.2 Å². The number of nitrogens with zero attached hydrogens (tertiary/aromatic N) is 1. The zero-order chi connectivity index (χ0) is 12.0. The Morgan fingerprint density at radius 3 is 2.62 bits per heavy atom. The molecule has 16 heavy (non-hydrogen) atoms. The van der Waals surface area contributed by atoms with Crippen LogP contribution in [0.4, 0.5) is 0 Å². The average Bonchev–Trinajstić information content (AvgIpc) is 2.24. The Balaban J connectivity index is 2.40. The Hall–Kier alpha value is -1.06. The number of rotatable bonds is 6. The molecule has 0 atom stereocenters. The second kappa shape index (κ2) is 6.51. The Bertz CT molecular complexity index is 324. The number of hydrogen-bond acceptors (Lipinski definition) is 3. The Morgan fingerprint density at radius 2 is 2.06 bits per heavy atom. The summed E-state index contributed by atoms with van der Waals surface area (Å²) in [6.45, 7) is 4.47. The zero-order valence-corrected chi connectivity index (χ0v) is 10.5. The van der Waals surface area contributed by atoms with Gasteiger partial charge in [-0.25, -0.2) is 0 Å². The molecule has 2 N–H and O–H groups in total. The van der Waals surface area contributed by atoms with Gasteiger partial charge in [0, 0.05) is 13.1 Å². The van der Waals surface area contributed by atoms with Gasteiger partial charge in [-0.2, -0.15) is 0 Å². The largest absolute Gasteiger partial charge is 0.494 e. The van der Waals surface area contributed by atoms with E-state index in [-0.39, 0.29) is 0 Å². The van der Waals surface area contributed by atoms with Gasteiger partial charge in [-0.1, -0.05) is 6.07 Å². The third-order valence-electron chi connectivity index (χ3n) is 2.55. The molecular weight excluding hydrogens is 200 g/mol. The number of benzene rings is 1. The van der Waals surface area contributed by atoms with Gasteiger partial charge in [-0.05, 0) is 50.7 Å². The van der Waals surface area contributed by atoms with Crippen LogP contribution in [0.2, 0.25) is 0 Å². The van der Waals surface area contributed by atoms with Crippen LogP contribution < -0.4 is 10.5 Å². The molecule has 0 heterocycles. The van der Waals surface area contributed by atoms with Crippen LogP contribution in [0.5, 0.6) is 5.75 Å². The first-order valence-corrected chi connectivity index (χ1v) is 5.70. The van der Waals surface area contributed by atoms with E-state index in [1.54, 1.807) is 0 Å². The fraction of sp³-hybridized carbons (Fsp3) is 0.538. The van der Waals surface area contributed by atoms with E-state index in [9.17, 15) is 0 Å². The van der Waals surface area contributed by atoms with Crippen molar-refractivity contribution >= 4 is 0 Å². The molecular formula is C13H22N2O. The van der Waals surface area contributed by atoms with E-state index in [0.717, 1.165) is 25.3 Å². The predicted molar refractivity (Wildman–Crippen MR) is 67.7 cm³/mol. The van der Waals surface area contributed by atoms with Crippen LogP contribution in [0.3, 0.4) is 0 Å². The standard InChI is InChI=1S/C13H22N2O/c1-11-9-13(6-5-12(11)10-14)16-8-4-7-15(2)3/h5-6,9H,4,7-8,10,14H2,1-3H3. The minimum absolute atomic E-state index is 0.590. The van der Waals surface area contributed by atoms with Crippen LogP contribution in [0.25, 0.3) is 0 Å². The molecule has 0 saturated heterocycles. The van der Waals surface area contributed by atoms with Gasteiger partial charge in [0.05, 0.1) is 6.61 Å². The number of ether oxygens (including phenoxy) is 1. The van der Waals surface area contributed by atoms with Gasteiger partial charge in [-0.15, -0.1) is 0 Å². The summed E-state index contributed by atoms with van der Waals surface area (Å²) >= 11 is 0. The second-order valence-electron chi connectivity index (χ2n) is 4.30. The fourth-order valence-corrected chi connectivity index (χ4v) is 1.56. The minimum Gasteiger partial charge on any atom is -0.494 e. The fourth-order valence-electron chi connectivity index (χ4n) is 1.56. The predicted octanol–water partition coefficient (Wildman–Crippen LogP) is 1.78. The highest BCUT2D eigenvalue weighted by Gasteiger charge is 1.99. The van der Waals surface area contributed by atoms with Gasteiger partial charge in [0.15, 0.2) is 0 Å². The normalized spacial score (nSPS) is 10.8. The maximum Gasteiger partial charge on any atom is 0.119 e. The quantitative estimate of drug-likeness (QED) is 0.746. The van der Waals surface area contributed by atoms with Gasteiger partial charge in [0.25, 0.3) is 0 Å². The summed E-state index contributed by atoms with van der Waals surface area (Å²) in [5, 5.41) is 0. The number of hydrogen-bond donors (Lipinski definition) is 1. The van der Waals surface area contributed by atoms with E-state index in [0.29, 0.717) is 6.54 Å². The third kappa shape index (κ3) is 4.21. The molecule has 90 valence electrons. The molecule has 1 aromatic rings. The summed E-state index contributed by atoms with van der Waals surface area (Å²) in [6.07, 6.45) is 1.05. The van der Waals surface area contributed by atoms with E-state index in [2.05, 4.69) is 32.0 Å². The number of nitrogens with two attached hydrogens (primary N) is 1. The molecule has 0 amide bonds. The monoisotopic (exact) mass is 222 g/mol. The van der Waals surface area contributed by atoms with Crippen molar-refractivity contribution in [3.05, 3.63) is 29.3 Å². The number of aryl methyl sites for hydroxylation is 1. The highest BCUT2D eigenvalue weighted by atomic mass is 16.5. The van der Waals surface area contributed by atoms with Gasteiger partial charge >= 0.3 is 0 Å². The molecule has 0 unspecified atom stereocenters. The Morgan fingerprint density at radius 1 is 1.31 bits per heavy atom. The van der Waals surface area contributed by atoms with Crippen molar-refractivity contribution in [1.82, 2.24) is 4.90 Å². The van der Waals surface area contributed by atoms with E-state index < -0.39 is 0 Å². The molecule has 0 saturated carbocycles. The molecule has 0 spiro atoms. The van der Waals surface area contributed by atoms with Crippen molar-refractivity contribution in [3.63, 3.8) is 0 Å². The lowest BCUT2D eigenvalue weighted by Crippen LogP contribution is -2.15. The lowest BCUT2D eigenvalue weighted by molar-refractivity contribution is 0.281. The van der Waals surface area contributed by atoms with Crippen molar-refractivity contribution in [2.24, 2.45) is 5.73 Å². The molecule has 0 aliphatic rings. The van der Waals surface area contributed by atoms with Crippen molar-refractivity contribution in [1.29, 1.82) is 0 Å². The molecule has 0 radical (unpaired) electrons. The highest BCUT2D eigenvalue weighted by molar-refractivity contribution is 5.34. The van der Waals surface area contributed by atoms with Gasteiger partial charge in [-0.3, -0.25) is 0 Å². The van der Waals surface area contributed by atoms with Gasteiger partial charge < -0.3 is 15.4 Å². The summed E-state index contributed by atoms with van der Waals surface area (Å²) in [5.74, 6) is 0.938. The molecule has 0 aliphatic heterocycles. The van der Waals surface area contributed by atoms with Crippen LogP contribution in [0, 0.1) is 6.92 Å². The van der Waals surface area contributed by atoms with E-state index in [1.165, 1.54) is 11.1 Å². The van der Waals surface area contributed by atoms with Crippen molar-refractivity contribution in [2.75, 3.05) is 27.2 Å². The minimum atomic E-state index is 0.590. The lowest BCUT2D eigenvalue weighted by atomic mass is 10.1. The molecule has 1 aromatic carbocycles.